The summed E-state index contributed by atoms with van der Waals surface area (Å²) in [7, 11) is 0. The summed E-state index contributed by atoms with van der Waals surface area (Å²) in [4.78, 5) is 48.2. The molecule has 2 atom stereocenters. The van der Waals surface area contributed by atoms with Gasteiger partial charge in [0.05, 0.1) is 10.6 Å². The molecule has 154 valence electrons. The molecule has 10 heteroatoms. The lowest BCUT2D eigenvalue weighted by molar-refractivity contribution is -0.156. The molecular weight excluding hydrogens is 406 g/mol. The molecule has 2 unspecified atom stereocenters. The van der Waals surface area contributed by atoms with Crippen LogP contribution in [-0.4, -0.2) is 54.5 Å². The Bertz CT molecular complexity index is 716. The van der Waals surface area contributed by atoms with Crippen LogP contribution in [0.2, 0.25) is 5.02 Å². The molecule has 1 aromatic rings. The molecule has 0 spiro atoms. The molecule has 0 aliphatic rings. The number of halogens is 1. The molecule has 0 fully saturated rings. The second-order valence-electron chi connectivity index (χ2n) is 5.72. The molecule has 1 aromatic carbocycles. The Morgan fingerprint density at radius 2 is 1.89 bits per heavy atom. The monoisotopic (exact) mass is 429 g/mol. The summed E-state index contributed by atoms with van der Waals surface area (Å²) in [6, 6.07) is 4.81. The maximum Gasteiger partial charge on any atom is 0.329 e. The Morgan fingerprint density at radius 1 is 1.21 bits per heavy atom. The van der Waals surface area contributed by atoms with Crippen molar-refractivity contribution in [1.82, 2.24) is 16.0 Å². The van der Waals surface area contributed by atoms with Crippen LogP contribution in [0.4, 0.5) is 4.79 Å². The number of hydrogen-bond acceptors (Lipinski definition) is 6. The van der Waals surface area contributed by atoms with Crippen molar-refractivity contribution < 1.29 is 23.9 Å². The van der Waals surface area contributed by atoms with Gasteiger partial charge in [-0.25, -0.2) is 9.59 Å². The standard InChI is InChI=1S/C18H24ClN3O5S/c1-4-20-18(26)22-15(23)11(2)27-17(25)14(9-10-28-3)21-16(24)12-7-5-6-8-13(12)19/h5-8,11,14H,4,9-10H2,1-3H3,(H,21,24)(H2,20,22,23,26). The van der Waals surface area contributed by atoms with Crippen molar-refractivity contribution in [2.45, 2.75) is 32.4 Å². The second kappa shape index (κ2) is 12.2. The van der Waals surface area contributed by atoms with Crippen molar-refractivity contribution in [3.8, 4) is 0 Å². The summed E-state index contributed by atoms with van der Waals surface area (Å²) in [5.74, 6) is -1.47. The normalized spacial score (nSPS) is 12.4. The Kier molecular flexibility index (Phi) is 10.4. The van der Waals surface area contributed by atoms with E-state index in [9.17, 15) is 19.2 Å². The van der Waals surface area contributed by atoms with E-state index in [1.54, 1.807) is 25.1 Å². The van der Waals surface area contributed by atoms with Crippen LogP contribution in [0.25, 0.3) is 0 Å². The van der Waals surface area contributed by atoms with Crippen molar-refractivity contribution >= 4 is 47.2 Å². The number of ether oxygens (including phenoxy) is 1. The number of esters is 1. The lowest BCUT2D eigenvalue weighted by Crippen LogP contribution is -2.47. The van der Waals surface area contributed by atoms with Gasteiger partial charge in [-0.1, -0.05) is 23.7 Å². The number of carbonyl (C=O) groups is 4. The van der Waals surface area contributed by atoms with Crippen LogP contribution in [0.15, 0.2) is 24.3 Å². The first-order valence-corrected chi connectivity index (χ1v) is 10.4. The first-order valence-electron chi connectivity index (χ1n) is 8.63. The van der Waals surface area contributed by atoms with Gasteiger partial charge in [-0.05, 0) is 44.4 Å². The predicted molar refractivity (Wildman–Crippen MR) is 108 cm³/mol. The van der Waals surface area contributed by atoms with E-state index in [0.29, 0.717) is 18.7 Å². The molecule has 0 aliphatic carbocycles. The van der Waals surface area contributed by atoms with Gasteiger partial charge in [0.2, 0.25) is 0 Å². The van der Waals surface area contributed by atoms with Gasteiger partial charge >= 0.3 is 12.0 Å². The number of hydrogen-bond donors (Lipinski definition) is 3. The Morgan fingerprint density at radius 3 is 2.50 bits per heavy atom. The number of urea groups is 1. The fraction of sp³-hybridized carbons (Fsp3) is 0.444. The van der Waals surface area contributed by atoms with E-state index in [-0.39, 0.29) is 10.6 Å². The van der Waals surface area contributed by atoms with Gasteiger partial charge in [0.25, 0.3) is 11.8 Å². The number of rotatable bonds is 9. The van der Waals surface area contributed by atoms with Gasteiger partial charge in [-0.3, -0.25) is 14.9 Å². The van der Waals surface area contributed by atoms with E-state index < -0.39 is 36.0 Å². The molecule has 0 heterocycles. The highest BCUT2D eigenvalue weighted by molar-refractivity contribution is 7.98. The average molecular weight is 430 g/mol. The summed E-state index contributed by atoms with van der Waals surface area (Å²) < 4.78 is 5.13. The van der Waals surface area contributed by atoms with Crippen LogP contribution < -0.4 is 16.0 Å². The number of nitrogens with one attached hydrogen (secondary N) is 3. The van der Waals surface area contributed by atoms with Crippen LogP contribution in [-0.2, 0) is 14.3 Å². The van der Waals surface area contributed by atoms with E-state index >= 15 is 0 Å². The van der Waals surface area contributed by atoms with Crippen molar-refractivity contribution in [3.63, 3.8) is 0 Å². The molecule has 8 nitrogen and oxygen atoms in total. The molecule has 0 radical (unpaired) electrons. The van der Waals surface area contributed by atoms with Crippen LogP contribution in [0.1, 0.15) is 30.6 Å². The van der Waals surface area contributed by atoms with E-state index in [2.05, 4.69) is 16.0 Å². The minimum absolute atomic E-state index is 0.230. The van der Waals surface area contributed by atoms with Crippen molar-refractivity contribution in [1.29, 1.82) is 0 Å². The number of benzene rings is 1. The summed E-state index contributed by atoms with van der Waals surface area (Å²) in [6.45, 7) is 3.39. The molecule has 0 saturated carbocycles. The minimum Gasteiger partial charge on any atom is -0.451 e. The highest BCUT2D eigenvalue weighted by Crippen LogP contribution is 2.15. The van der Waals surface area contributed by atoms with Gasteiger partial charge < -0.3 is 15.4 Å². The third-order valence-corrected chi connectivity index (χ3v) is 4.53. The number of carbonyl (C=O) groups excluding carboxylic acids is 4. The Balaban J connectivity index is 2.76. The van der Waals surface area contributed by atoms with Crippen LogP contribution >= 0.6 is 23.4 Å². The van der Waals surface area contributed by atoms with Gasteiger partial charge in [-0.15, -0.1) is 0 Å². The SMILES string of the molecule is CCNC(=O)NC(=O)C(C)OC(=O)C(CCSC)NC(=O)c1ccccc1Cl. The molecule has 0 aliphatic heterocycles. The minimum atomic E-state index is -1.20. The lowest BCUT2D eigenvalue weighted by atomic mass is 10.1. The lowest BCUT2D eigenvalue weighted by Gasteiger charge is -2.20. The summed E-state index contributed by atoms with van der Waals surface area (Å²) in [5, 5.41) is 7.32. The Labute approximate surface area is 173 Å². The molecule has 0 bridgehead atoms. The zero-order valence-electron chi connectivity index (χ0n) is 15.9. The number of amides is 4. The van der Waals surface area contributed by atoms with Crippen molar-refractivity contribution in [2.75, 3.05) is 18.6 Å². The third-order valence-electron chi connectivity index (χ3n) is 3.56. The maximum atomic E-state index is 12.5. The van der Waals surface area contributed by atoms with Crippen molar-refractivity contribution in [3.05, 3.63) is 34.9 Å². The van der Waals surface area contributed by atoms with E-state index in [1.807, 2.05) is 6.26 Å². The molecular formula is C18H24ClN3O5S. The number of imide groups is 1. The largest absolute Gasteiger partial charge is 0.451 e. The van der Waals surface area contributed by atoms with Crippen LogP contribution in [0.3, 0.4) is 0 Å². The predicted octanol–water partition coefficient (Wildman–Crippen LogP) is 1.97. The fourth-order valence-electron chi connectivity index (χ4n) is 2.09. The molecule has 4 amide bonds. The average Bonchev–Trinajstić information content (AvgIpc) is 2.65. The third kappa shape index (κ3) is 7.77. The van der Waals surface area contributed by atoms with E-state index in [0.717, 1.165) is 0 Å². The topological polar surface area (TPSA) is 114 Å². The van der Waals surface area contributed by atoms with Gasteiger partial charge in [0.1, 0.15) is 6.04 Å². The summed E-state index contributed by atoms with van der Waals surface area (Å²) in [5.41, 5.74) is 0.230. The van der Waals surface area contributed by atoms with E-state index in [1.165, 1.54) is 24.8 Å². The molecule has 0 aromatic heterocycles. The zero-order valence-corrected chi connectivity index (χ0v) is 17.5. The van der Waals surface area contributed by atoms with Crippen molar-refractivity contribution in [2.24, 2.45) is 0 Å². The summed E-state index contributed by atoms with van der Waals surface area (Å²) in [6.07, 6.45) is 0.964. The summed E-state index contributed by atoms with van der Waals surface area (Å²) >= 11 is 7.51. The smallest absolute Gasteiger partial charge is 0.329 e. The second-order valence-corrected chi connectivity index (χ2v) is 7.11. The quantitative estimate of drug-likeness (QED) is 0.517. The Hall–Kier alpha value is -2.26. The van der Waals surface area contributed by atoms with Crippen LogP contribution in [0.5, 0.6) is 0 Å². The maximum absolute atomic E-state index is 12.5. The van der Waals surface area contributed by atoms with E-state index in [4.69, 9.17) is 16.3 Å². The van der Waals surface area contributed by atoms with Gasteiger partial charge in [0.15, 0.2) is 6.10 Å². The molecule has 1 rings (SSSR count). The zero-order chi connectivity index (χ0) is 21.1. The molecule has 28 heavy (non-hydrogen) atoms. The van der Waals surface area contributed by atoms with Gasteiger partial charge in [-0.2, -0.15) is 11.8 Å². The fourth-order valence-corrected chi connectivity index (χ4v) is 2.79. The van der Waals surface area contributed by atoms with Crippen LogP contribution in [0, 0.1) is 0 Å². The number of thioether (sulfide) groups is 1. The molecule has 3 N–H and O–H groups in total. The van der Waals surface area contributed by atoms with Gasteiger partial charge in [0, 0.05) is 6.54 Å². The first kappa shape index (κ1) is 23.8. The highest BCUT2D eigenvalue weighted by atomic mass is 35.5. The highest BCUT2D eigenvalue weighted by Gasteiger charge is 2.27. The molecule has 0 saturated heterocycles. The first-order chi connectivity index (χ1) is 13.3.